The molecule has 8 heteroatoms. The van der Waals surface area contributed by atoms with E-state index >= 15 is 0 Å². The van der Waals surface area contributed by atoms with E-state index in [1.807, 2.05) is 30.5 Å². The molecule has 0 saturated carbocycles. The Kier molecular flexibility index (Phi) is 6.20. The second kappa shape index (κ2) is 8.79. The normalized spacial score (nSPS) is 10.4. The molecule has 0 atom stereocenters. The summed E-state index contributed by atoms with van der Waals surface area (Å²) in [5.41, 5.74) is 2.16. The minimum atomic E-state index is -0.313. The van der Waals surface area contributed by atoms with Gasteiger partial charge in [-0.15, -0.1) is 22.0 Å². The molecule has 0 aliphatic heterocycles. The van der Waals surface area contributed by atoms with E-state index in [9.17, 15) is 9.59 Å². The van der Waals surface area contributed by atoms with Gasteiger partial charge < -0.3 is 10.6 Å². The first-order valence-electron chi connectivity index (χ1n) is 8.18. The second-order valence-electron chi connectivity index (χ2n) is 5.69. The number of amides is 2. The van der Waals surface area contributed by atoms with Crippen molar-refractivity contribution < 1.29 is 9.59 Å². The van der Waals surface area contributed by atoms with Crippen LogP contribution >= 0.6 is 23.1 Å². The van der Waals surface area contributed by atoms with Crippen molar-refractivity contribution in [2.24, 2.45) is 0 Å². The predicted octanol–water partition coefficient (Wildman–Crippen LogP) is 3.75. The Bertz CT molecular complexity index is 937. The Morgan fingerprint density at radius 1 is 1.00 bits per heavy atom. The van der Waals surface area contributed by atoms with Crippen LogP contribution in [-0.4, -0.2) is 28.3 Å². The maximum atomic E-state index is 12.3. The van der Waals surface area contributed by atoms with Crippen molar-refractivity contribution in [3.8, 4) is 0 Å². The number of aromatic nitrogens is 2. The Balaban J connectivity index is 1.55. The molecule has 2 amide bonds. The van der Waals surface area contributed by atoms with Crippen molar-refractivity contribution in [1.82, 2.24) is 15.5 Å². The fraction of sp³-hybridized carbons (Fsp3) is 0.158. The van der Waals surface area contributed by atoms with Crippen molar-refractivity contribution >= 4 is 40.6 Å². The highest BCUT2D eigenvalue weighted by Crippen LogP contribution is 2.16. The molecule has 0 unspecified atom stereocenters. The largest absolute Gasteiger partial charge is 0.348 e. The van der Waals surface area contributed by atoms with Gasteiger partial charge in [-0.3, -0.25) is 9.59 Å². The van der Waals surface area contributed by atoms with Crippen LogP contribution in [0.1, 0.15) is 30.7 Å². The van der Waals surface area contributed by atoms with Crippen LogP contribution in [0.3, 0.4) is 0 Å². The van der Waals surface area contributed by atoms with E-state index in [2.05, 4.69) is 20.8 Å². The number of aryl methyl sites for hydroxylation is 1. The molecule has 0 aliphatic rings. The minimum Gasteiger partial charge on any atom is -0.348 e. The third kappa shape index (κ3) is 5.15. The van der Waals surface area contributed by atoms with Gasteiger partial charge in [-0.1, -0.05) is 23.5 Å². The molecule has 0 bridgehead atoms. The average molecular weight is 399 g/mol. The lowest BCUT2D eigenvalue weighted by molar-refractivity contribution is 0.0950. The molecule has 0 aliphatic carbocycles. The van der Waals surface area contributed by atoms with E-state index in [1.165, 1.54) is 16.2 Å². The Morgan fingerprint density at radius 2 is 1.70 bits per heavy atom. The maximum Gasteiger partial charge on any atom is 0.286 e. The van der Waals surface area contributed by atoms with E-state index in [-0.39, 0.29) is 11.8 Å². The molecule has 0 fully saturated rings. The monoisotopic (exact) mass is 398 g/mol. The summed E-state index contributed by atoms with van der Waals surface area (Å²) in [6.45, 7) is 2.25. The first kappa shape index (κ1) is 19.1. The van der Waals surface area contributed by atoms with E-state index < -0.39 is 0 Å². The predicted molar refractivity (Wildman–Crippen MR) is 108 cm³/mol. The standard InChI is InChI=1S/C19H18N4O2S2/c1-12-22-23-19(27-12)18(25)21-15-7-5-14(6-8-15)17(24)20-11-13-3-9-16(26-2)10-4-13/h3-10H,11H2,1-2H3,(H,20,24)(H,21,25). The third-order valence-electron chi connectivity index (χ3n) is 3.74. The SMILES string of the molecule is CSc1ccc(CNC(=O)c2ccc(NC(=O)c3nnc(C)s3)cc2)cc1. The Labute approximate surface area is 165 Å². The van der Waals surface area contributed by atoms with Crippen LogP contribution < -0.4 is 10.6 Å². The molecule has 6 nitrogen and oxygen atoms in total. The lowest BCUT2D eigenvalue weighted by Gasteiger charge is -2.07. The molecular formula is C19H18N4O2S2. The molecule has 27 heavy (non-hydrogen) atoms. The number of thioether (sulfide) groups is 1. The number of benzene rings is 2. The van der Waals surface area contributed by atoms with Gasteiger partial charge in [0.1, 0.15) is 5.01 Å². The summed E-state index contributed by atoms with van der Waals surface area (Å²) in [6, 6.07) is 14.8. The first-order valence-corrected chi connectivity index (χ1v) is 10.2. The molecule has 2 N–H and O–H groups in total. The molecule has 2 aromatic carbocycles. The number of nitrogens with one attached hydrogen (secondary N) is 2. The molecular weight excluding hydrogens is 380 g/mol. The molecule has 138 valence electrons. The summed E-state index contributed by atoms with van der Waals surface area (Å²) in [4.78, 5) is 25.5. The van der Waals surface area contributed by atoms with Gasteiger partial charge in [-0.05, 0) is 55.1 Å². The molecule has 0 radical (unpaired) electrons. The number of hydrogen-bond acceptors (Lipinski definition) is 6. The van der Waals surface area contributed by atoms with Crippen molar-refractivity contribution in [3.63, 3.8) is 0 Å². The summed E-state index contributed by atoms with van der Waals surface area (Å²) in [6.07, 6.45) is 2.03. The molecule has 0 saturated heterocycles. The number of anilines is 1. The second-order valence-corrected chi connectivity index (χ2v) is 7.75. The van der Waals surface area contributed by atoms with Crippen molar-refractivity contribution in [1.29, 1.82) is 0 Å². The maximum absolute atomic E-state index is 12.3. The van der Waals surface area contributed by atoms with Gasteiger partial charge in [0.2, 0.25) is 5.01 Å². The number of carbonyl (C=O) groups is 2. The van der Waals surface area contributed by atoms with Crippen LogP contribution in [0.5, 0.6) is 0 Å². The summed E-state index contributed by atoms with van der Waals surface area (Å²) < 4.78 is 0. The average Bonchev–Trinajstić information content (AvgIpc) is 3.13. The molecule has 1 heterocycles. The number of nitrogens with zero attached hydrogens (tertiary/aromatic N) is 2. The van der Waals surface area contributed by atoms with E-state index in [0.717, 1.165) is 10.6 Å². The van der Waals surface area contributed by atoms with Crippen LogP contribution in [0.2, 0.25) is 0 Å². The van der Waals surface area contributed by atoms with Crippen molar-refractivity contribution in [2.45, 2.75) is 18.4 Å². The van der Waals surface area contributed by atoms with Gasteiger partial charge in [0.05, 0.1) is 0 Å². The third-order valence-corrected chi connectivity index (χ3v) is 5.32. The molecule has 3 rings (SSSR count). The Hall–Kier alpha value is -2.71. The smallest absolute Gasteiger partial charge is 0.286 e. The highest BCUT2D eigenvalue weighted by molar-refractivity contribution is 7.98. The molecule has 1 aromatic heterocycles. The highest BCUT2D eigenvalue weighted by atomic mass is 32.2. The summed E-state index contributed by atoms with van der Waals surface area (Å²) in [7, 11) is 0. The lowest BCUT2D eigenvalue weighted by atomic mass is 10.1. The van der Waals surface area contributed by atoms with Gasteiger partial charge in [0.25, 0.3) is 11.8 Å². The number of carbonyl (C=O) groups excluding carboxylic acids is 2. The summed E-state index contributed by atoms with van der Waals surface area (Å²) in [5, 5.41) is 14.3. The lowest BCUT2D eigenvalue weighted by Crippen LogP contribution is -2.22. The van der Waals surface area contributed by atoms with Crippen LogP contribution in [0.15, 0.2) is 53.4 Å². The summed E-state index contributed by atoms with van der Waals surface area (Å²) in [5.74, 6) is -0.479. The molecule has 0 spiro atoms. The Morgan fingerprint density at radius 3 is 2.30 bits per heavy atom. The van der Waals surface area contributed by atoms with Gasteiger partial charge in [0.15, 0.2) is 0 Å². The van der Waals surface area contributed by atoms with Crippen LogP contribution in [0.25, 0.3) is 0 Å². The van der Waals surface area contributed by atoms with Crippen LogP contribution in [-0.2, 0) is 6.54 Å². The number of rotatable bonds is 6. The zero-order valence-electron chi connectivity index (χ0n) is 14.9. The summed E-state index contributed by atoms with van der Waals surface area (Å²) >= 11 is 2.91. The van der Waals surface area contributed by atoms with E-state index in [1.54, 1.807) is 43.0 Å². The zero-order valence-corrected chi connectivity index (χ0v) is 16.5. The van der Waals surface area contributed by atoms with Gasteiger partial charge in [0, 0.05) is 22.7 Å². The number of hydrogen-bond donors (Lipinski definition) is 2. The zero-order chi connectivity index (χ0) is 19.2. The van der Waals surface area contributed by atoms with Gasteiger partial charge in [-0.2, -0.15) is 0 Å². The fourth-order valence-electron chi connectivity index (χ4n) is 2.31. The van der Waals surface area contributed by atoms with E-state index in [0.29, 0.717) is 22.8 Å². The van der Waals surface area contributed by atoms with Crippen LogP contribution in [0.4, 0.5) is 5.69 Å². The van der Waals surface area contributed by atoms with Crippen molar-refractivity contribution in [2.75, 3.05) is 11.6 Å². The fourth-order valence-corrected chi connectivity index (χ4v) is 3.30. The van der Waals surface area contributed by atoms with E-state index in [4.69, 9.17) is 0 Å². The van der Waals surface area contributed by atoms with Gasteiger partial charge in [-0.25, -0.2) is 0 Å². The molecule has 3 aromatic rings. The minimum absolute atomic E-state index is 0.165. The topological polar surface area (TPSA) is 84.0 Å². The van der Waals surface area contributed by atoms with Crippen molar-refractivity contribution in [3.05, 3.63) is 69.7 Å². The highest BCUT2D eigenvalue weighted by Gasteiger charge is 2.12. The van der Waals surface area contributed by atoms with Crippen LogP contribution in [0, 0.1) is 6.92 Å². The first-order chi connectivity index (χ1) is 13.0. The quantitative estimate of drug-likeness (QED) is 0.618. The van der Waals surface area contributed by atoms with Gasteiger partial charge >= 0.3 is 0 Å².